The van der Waals surface area contributed by atoms with E-state index >= 15 is 0 Å². The molecule has 0 aliphatic heterocycles. The molecule has 0 unspecified atom stereocenters. The van der Waals surface area contributed by atoms with Gasteiger partial charge in [0.15, 0.2) is 17.5 Å². The first-order valence-corrected chi connectivity index (χ1v) is 3.56. The molecule has 0 spiro atoms. The Bertz CT molecular complexity index is 381. The summed E-state index contributed by atoms with van der Waals surface area (Å²) in [6, 6.07) is 1.41. The van der Waals surface area contributed by atoms with Crippen molar-refractivity contribution in [1.82, 2.24) is 0 Å². The van der Waals surface area contributed by atoms with Crippen LogP contribution in [0.1, 0.15) is 5.56 Å². The normalized spacial score (nSPS) is 10.1. The molecule has 2 nitrogen and oxygen atoms in total. The lowest BCUT2D eigenvalue weighted by Gasteiger charge is -1.97. The van der Waals surface area contributed by atoms with Crippen molar-refractivity contribution in [3.63, 3.8) is 0 Å². The molecule has 0 aromatic heterocycles. The molecule has 1 N–H and O–H groups in total. The lowest BCUT2D eigenvalue weighted by molar-refractivity contribution is -0.131. The van der Waals surface area contributed by atoms with Crippen LogP contribution in [0, 0.1) is 17.5 Å². The largest absolute Gasteiger partial charge is 0.478 e. The fraction of sp³-hybridized carbons (Fsp3) is 0. The number of halogens is 4. The summed E-state index contributed by atoms with van der Waals surface area (Å²) < 4.78 is 37.6. The number of hydrogen-bond donors (Lipinski definition) is 1. The van der Waals surface area contributed by atoms with Gasteiger partial charge in [-0.1, -0.05) is 0 Å². The zero-order valence-corrected chi connectivity index (χ0v) is 8.02. The van der Waals surface area contributed by atoms with Gasteiger partial charge in [-0.3, -0.25) is 0 Å². The Labute approximate surface area is 89.4 Å². The molecular formula is C9H6ClF3O2. The van der Waals surface area contributed by atoms with Gasteiger partial charge in [-0.25, -0.2) is 18.0 Å². The third kappa shape index (κ3) is 3.63. The Hall–Kier alpha value is -1.49. The maximum Gasteiger partial charge on any atom is 0.328 e. The Balaban J connectivity index is 0.00000196. The molecule has 0 radical (unpaired) electrons. The smallest absolute Gasteiger partial charge is 0.328 e. The lowest BCUT2D eigenvalue weighted by Crippen LogP contribution is -1.92. The molecule has 0 saturated carbocycles. The van der Waals surface area contributed by atoms with Crippen LogP contribution in [-0.2, 0) is 4.79 Å². The molecule has 1 aromatic rings. The zero-order valence-electron chi connectivity index (χ0n) is 7.21. The summed E-state index contributed by atoms with van der Waals surface area (Å²) in [6.45, 7) is 0. The predicted molar refractivity (Wildman–Crippen MR) is 50.2 cm³/mol. The fourth-order valence-corrected chi connectivity index (χ4v) is 0.839. The highest BCUT2D eigenvalue weighted by Gasteiger charge is 2.08. The molecule has 0 amide bonds. The average molecular weight is 239 g/mol. The molecule has 6 heteroatoms. The minimum absolute atomic E-state index is 0. The van der Waals surface area contributed by atoms with Gasteiger partial charge in [0.25, 0.3) is 0 Å². The molecular weight excluding hydrogens is 233 g/mol. The van der Waals surface area contributed by atoms with Crippen LogP contribution in [0.5, 0.6) is 0 Å². The fourth-order valence-electron chi connectivity index (χ4n) is 0.839. The Morgan fingerprint density at radius 2 is 1.67 bits per heavy atom. The van der Waals surface area contributed by atoms with E-state index in [9.17, 15) is 18.0 Å². The van der Waals surface area contributed by atoms with Gasteiger partial charge in [0.2, 0.25) is 0 Å². The monoisotopic (exact) mass is 238 g/mol. The third-order valence-electron chi connectivity index (χ3n) is 1.42. The second-order valence-electron chi connectivity index (χ2n) is 2.47. The lowest BCUT2D eigenvalue weighted by atomic mass is 10.2. The van der Waals surface area contributed by atoms with Crippen molar-refractivity contribution < 1.29 is 23.1 Å². The highest BCUT2D eigenvalue weighted by Crippen LogP contribution is 2.14. The summed E-state index contributed by atoms with van der Waals surface area (Å²) in [5.41, 5.74) is -0.0520. The molecule has 0 heterocycles. The van der Waals surface area contributed by atoms with E-state index in [2.05, 4.69) is 0 Å². The van der Waals surface area contributed by atoms with Crippen molar-refractivity contribution in [2.75, 3.05) is 0 Å². The summed E-state index contributed by atoms with van der Waals surface area (Å²) in [6.07, 6.45) is 1.67. The van der Waals surface area contributed by atoms with Crippen molar-refractivity contribution in [3.8, 4) is 0 Å². The van der Waals surface area contributed by atoms with Crippen molar-refractivity contribution in [2.24, 2.45) is 0 Å². The van der Waals surface area contributed by atoms with Crippen LogP contribution in [0.4, 0.5) is 13.2 Å². The van der Waals surface area contributed by atoms with Crippen molar-refractivity contribution in [3.05, 3.63) is 41.2 Å². The quantitative estimate of drug-likeness (QED) is 0.635. The molecule has 0 atom stereocenters. The second-order valence-corrected chi connectivity index (χ2v) is 2.47. The highest BCUT2D eigenvalue weighted by atomic mass is 35.5. The van der Waals surface area contributed by atoms with Crippen LogP contribution in [0.25, 0.3) is 6.08 Å². The van der Waals surface area contributed by atoms with Gasteiger partial charge >= 0.3 is 5.97 Å². The maximum absolute atomic E-state index is 12.6. The first-order valence-electron chi connectivity index (χ1n) is 3.56. The van der Waals surface area contributed by atoms with E-state index in [1.54, 1.807) is 0 Å². The number of carboxylic acids is 1. The number of aliphatic carboxylic acids is 1. The van der Waals surface area contributed by atoms with Gasteiger partial charge in [-0.05, 0) is 23.8 Å². The van der Waals surface area contributed by atoms with Crippen LogP contribution >= 0.6 is 12.4 Å². The van der Waals surface area contributed by atoms with Crippen molar-refractivity contribution >= 4 is 24.5 Å². The standard InChI is InChI=1S/C9H5F3O2.ClH/c10-6-3-5(1-2-8(13)14)4-7(11)9(6)12;/h1-4H,(H,13,14);1H/b2-1+;. The summed E-state index contributed by atoms with van der Waals surface area (Å²) in [7, 11) is 0. The predicted octanol–water partition coefficient (Wildman–Crippen LogP) is 2.62. The zero-order chi connectivity index (χ0) is 10.7. The molecule has 1 rings (SSSR count). The van der Waals surface area contributed by atoms with E-state index in [-0.39, 0.29) is 18.0 Å². The molecule has 0 fully saturated rings. The first kappa shape index (κ1) is 13.5. The van der Waals surface area contributed by atoms with Gasteiger partial charge in [0, 0.05) is 6.08 Å². The van der Waals surface area contributed by atoms with E-state index in [1.165, 1.54) is 0 Å². The summed E-state index contributed by atoms with van der Waals surface area (Å²) >= 11 is 0. The average Bonchev–Trinajstić information content (AvgIpc) is 2.10. The van der Waals surface area contributed by atoms with E-state index in [1.807, 2.05) is 0 Å². The molecule has 0 aliphatic carbocycles. The van der Waals surface area contributed by atoms with Crippen LogP contribution in [0.15, 0.2) is 18.2 Å². The number of rotatable bonds is 2. The topological polar surface area (TPSA) is 37.3 Å². The van der Waals surface area contributed by atoms with Crippen LogP contribution < -0.4 is 0 Å². The van der Waals surface area contributed by atoms with E-state index in [0.29, 0.717) is 18.2 Å². The third-order valence-corrected chi connectivity index (χ3v) is 1.42. The number of carbonyl (C=O) groups is 1. The van der Waals surface area contributed by atoms with E-state index in [4.69, 9.17) is 5.11 Å². The van der Waals surface area contributed by atoms with E-state index in [0.717, 1.165) is 6.08 Å². The maximum atomic E-state index is 12.6. The number of benzene rings is 1. The van der Waals surface area contributed by atoms with Gasteiger partial charge in [0.05, 0.1) is 0 Å². The van der Waals surface area contributed by atoms with Crippen LogP contribution in [-0.4, -0.2) is 11.1 Å². The molecule has 82 valence electrons. The summed E-state index contributed by atoms with van der Waals surface area (Å²) in [4.78, 5) is 10.1. The minimum atomic E-state index is -1.57. The Kier molecular flexibility index (Phi) is 4.87. The van der Waals surface area contributed by atoms with Gasteiger partial charge in [0.1, 0.15) is 0 Å². The summed E-state index contributed by atoms with van der Waals surface area (Å²) in [5.74, 6) is -5.53. The minimum Gasteiger partial charge on any atom is -0.478 e. The molecule has 0 aliphatic rings. The van der Waals surface area contributed by atoms with Gasteiger partial charge < -0.3 is 5.11 Å². The van der Waals surface area contributed by atoms with Crippen molar-refractivity contribution in [2.45, 2.75) is 0 Å². The molecule has 0 saturated heterocycles. The van der Waals surface area contributed by atoms with Crippen LogP contribution in [0.3, 0.4) is 0 Å². The van der Waals surface area contributed by atoms with Gasteiger partial charge in [-0.15, -0.1) is 12.4 Å². The molecule has 15 heavy (non-hydrogen) atoms. The summed E-state index contributed by atoms with van der Waals surface area (Å²) in [5, 5.41) is 8.22. The van der Waals surface area contributed by atoms with E-state index < -0.39 is 23.4 Å². The van der Waals surface area contributed by atoms with Crippen molar-refractivity contribution in [1.29, 1.82) is 0 Å². The number of hydrogen-bond acceptors (Lipinski definition) is 1. The first-order chi connectivity index (χ1) is 6.50. The van der Waals surface area contributed by atoms with Gasteiger partial charge in [-0.2, -0.15) is 0 Å². The highest BCUT2D eigenvalue weighted by molar-refractivity contribution is 5.85. The Morgan fingerprint density at radius 1 is 1.20 bits per heavy atom. The Morgan fingerprint density at radius 3 is 2.07 bits per heavy atom. The SMILES string of the molecule is Cl.O=C(O)/C=C/c1cc(F)c(F)c(F)c1. The second kappa shape index (κ2) is 5.41. The van der Waals surface area contributed by atoms with Crippen LogP contribution in [0.2, 0.25) is 0 Å². The number of carboxylic acid groups (broad SMARTS) is 1. The molecule has 1 aromatic carbocycles. The molecule has 0 bridgehead atoms.